The highest BCUT2D eigenvalue weighted by Crippen LogP contribution is 2.28. The van der Waals surface area contributed by atoms with E-state index in [9.17, 15) is 0 Å². The Labute approximate surface area is 138 Å². The molecule has 0 amide bonds. The van der Waals surface area contributed by atoms with Gasteiger partial charge in [-0.05, 0) is 55.6 Å². The van der Waals surface area contributed by atoms with Gasteiger partial charge in [0.05, 0.1) is 0 Å². The van der Waals surface area contributed by atoms with E-state index in [1.165, 1.54) is 37.2 Å². The highest BCUT2D eigenvalue weighted by atomic mass is 32.1. The Morgan fingerprint density at radius 3 is 2.77 bits per heavy atom. The zero-order valence-corrected chi connectivity index (χ0v) is 14.5. The monoisotopic (exact) mass is 320 g/mol. The summed E-state index contributed by atoms with van der Waals surface area (Å²) >= 11 is 1.87. The zero-order valence-electron chi connectivity index (χ0n) is 13.7. The van der Waals surface area contributed by atoms with Crippen molar-refractivity contribution in [2.75, 3.05) is 26.7 Å². The summed E-state index contributed by atoms with van der Waals surface area (Å²) in [6.07, 6.45) is 3.85. The maximum Gasteiger partial charge on any atom is 0.191 e. The Hall–Kier alpha value is -1.07. The van der Waals surface area contributed by atoms with E-state index >= 15 is 0 Å². The smallest absolute Gasteiger partial charge is 0.191 e. The first-order valence-electron chi connectivity index (χ1n) is 8.46. The fourth-order valence-corrected chi connectivity index (χ4v) is 3.85. The molecule has 2 heterocycles. The van der Waals surface area contributed by atoms with Crippen molar-refractivity contribution in [3.8, 4) is 0 Å². The molecule has 3 rings (SSSR count). The number of likely N-dealkylation sites (tertiary alicyclic amines) is 1. The third-order valence-corrected chi connectivity index (χ3v) is 5.74. The second kappa shape index (κ2) is 7.47. The molecule has 4 nitrogen and oxygen atoms in total. The lowest BCUT2D eigenvalue weighted by atomic mass is 9.97. The van der Waals surface area contributed by atoms with Crippen LogP contribution in [0.2, 0.25) is 0 Å². The summed E-state index contributed by atoms with van der Waals surface area (Å²) in [6, 6.07) is 5.03. The molecule has 122 valence electrons. The third kappa shape index (κ3) is 4.46. The molecular weight excluding hydrogens is 292 g/mol. The minimum absolute atomic E-state index is 0.638. The summed E-state index contributed by atoms with van der Waals surface area (Å²) < 4.78 is 0. The molecule has 2 aliphatic rings. The third-order valence-electron chi connectivity index (χ3n) is 4.88. The highest BCUT2D eigenvalue weighted by molar-refractivity contribution is 7.09. The average Bonchev–Trinajstić information content (AvgIpc) is 3.00. The molecule has 1 aromatic heterocycles. The van der Waals surface area contributed by atoms with Crippen LogP contribution in [0.1, 0.15) is 31.1 Å². The quantitative estimate of drug-likeness (QED) is 0.647. The van der Waals surface area contributed by atoms with E-state index in [0.717, 1.165) is 30.9 Å². The number of nitrogens with one attached hydrogen (secondary N) is 2. The van der Waals surface area contributed by atoms with Gasteiger partial charge in [-0.2, -0.15) is 0 Å². The van der Waals surface area contributed by atoms with Crippen LogP contribution in [0.5, 0.6) is 0 Å². The topological polar surface area (TPSA) is 39.7 Å². The number of hydrogen-bond donors (Lipinski definition) is 2. The SMILES string of the molecule is CN=C(NCC1CCN(Cc2cccs2)CC1)NC1CC1C. The van der Waals surface area contributed by atoms with Gasteiger partial charge >= 0.3 is 0 Å². The molecule has 2 atom stereocenters. The van der Waals surface area contributed by atoms with E-state index in [-0.39, 0.29) is 0 Å². The Morgan fingerprint density at radius 1 is 1.41 bits per heavy atom. The minimum Gasteiger partial charge on any atom is -0.356 e. The molecule has 0 bridgehead atoms. The molecule has 2 fully saturated rings. The van der Waals surface area contributed by atoms with Crippen LogP contribution in [0.3, 0.4) is 0 Å². The first-order valence-corrected chi connectivity index (χ1v) is 9.34. The Bertz CT molecular complexity index is 477. The number of rotatable bonds is 5. The van der Waals surface area contributed by atoms with Crippen LogP contribution in [0.4, 0.5) is 0 Å². The van der Waals surface area contributed by atoms with Gasteiger partial charge in [0, 0.05) is 31.1 Å². The predicted octanol–water partition coefficient (Wildman–Crippen LogP) is 2.53. The Morgan fingerprint density at radius 2 is 2.18 bits per heavy atom. The second-order valence-corrected chi connectivity index (χ2v) is 7.75. The molecule has 1 aromatic rings. The maximum atomic E-state index is 4.34. The van der Waals surface area contributed by atoms with E-state index < -0.39 is 0 Å². The van der Waals surface area contributed by atoms with Gasteiger partial charge in [0.25, 0.3) is 0 Å². The van der Waals surface area contributed by atoms with Crippen molar-refractivity contribution in [3.63, 3.8) is 0 Å². The van der Waals surface area contributed by atoms with Crippen molar-refractivity contribution >= 4 is 17.3 Å². The Kier molecular flexibility index (Phi) is 5.37. The molecule has 0 radical (unpaired) electrons. The summed E-state index contributed by atoms with van der Waals surface area (Å²) in [4.78, 5) is 8.41. The molecular formula is C17H28N4S. The number of piperidine rings is 1. The van der Waals surface area contributed by atoms with Gasteiger partial charge in [-0.25, -0.2) is 0 Å². The molecule has 2 unspecified atom stereocenters. The van der Waals surface area contributed by atoms with Crippen LogP contribution >= 0.6 is 11.3 Å². The maximum absolute atomic E-state index is 4.34. The first kappa shape index (κ1) is 15.8. The normalized spacial score (nSPS) is 26.9. The van der Waals surface area contributed by atoms with E-state index in [1.54, 1.807) is 0 Å². The van der Waals surface area contributed by atoms with Crippen molar-refractivity contribution < 1.29 is 0 Å². The predicted molar refractivity (Wildman–Crippen MR) is 94.4 cm³/mol. The summed E-state index contributed by atoms with van der Waals surface area (Å²) in [5.74, 6) is 2.56. The van der Waals surface area contributed by atoms with Gasteiger partial charge in [-0.1, -0.05) is 13.0 Å². The summed E-state index contributed by atoms with van der Waals surface area (Å²) in [5.41, 5.74) is 0. The van der Waals surface area contributed by atoms with E-state index in [0.29, 0.717) is 6.04 Å². The lowest BCUT2D eigenvalue weighted by Gasteiger charge is -2.32. The number of hydrogen-bond acceptors (Lipinski definition) is 3. The molecule has 1 saturated carbocycles. The van der Waals surface area contributed by atoms with Crippen LogP contribution in [0, 0.1) is 11.8 Å². The molecule has 2 N–H and O–H groups in total. The van der Waals surface area contributed by atoms with Gasteiger partial charge < -0.3 is 10.6 Å². The zero-order chi connectivity index (χ0) is 15.4. The largest absolute Gasteiger partial charge is 0.356 e. The summed E-state index contributed by atoms with van der Waals surface area (Å²) in [5, 5.41) is 9.18. The lowest BCUT2D eigenvalue weighted by Crippen LogP contribution is -2.43. The summed E-state index contributed by atoms with van der Waals surface area (Å²) in [7, 11) is 1.87. The van der Waals surface area contributed by atoms with Gasteiger partial charge in [0.1, 0.15) is 0 Å². The number of aliphatic imine (C=N–C) groups is 1. The van der Waals surface area contributed by atoms with Gasteiger partial charge in [-0.3, -0.25) is 9.89 Å². The molecule has 1 aliphatic heterocycles. The molecule has 5 heteroatoms. The number of guanidine groups is 1. The van der Waals surface area contributed by atoms with Crippen LogP contribution in [-0.4, -0.2) is 43.6 Å². The van der Waals surface area contributed by atoms with Gasteiger partial charge in [0.15, 0.2) is 5.96 Å². The van der Waals surface area contributed by atoms with E-state index in [1.807, 2.05) is 18.4 Å². The fourth-order valence-electron chi connectivity index (χ4n) is 3.11. The van der Waals surface area contributed by atoms with Crippen LogP contribution < -0.4 is 10.6 Å². The van der Waals surface area contributed by atoms with Crippen molar-refractivity contribution in [2.24, 2.45) is 16.8 Å². The van der Waals surface area contributed by atoms with Crippen LogP contribution in [0.15, 0.2) is 22.5 Å². The van der Waals surface area contributed by atoms with Gasteiger partial charge in [0.2, 0.25) is 0 Å². The summed E-state index contributed by atoms with van der Waals surface area (Å²) in [6.45, 7) is 6.90. The van der Waals surface area contributed by atoms with E-state index in [2.05, 4.69) is 45.0 Å². The lowest BCUT2D eigenvalue weighted by molar-refractivity contribution is 0.179. The molecule has 0 aromatic carbocycles. The molecule has 1 saturated heterocycles. The molecule has 1 aliphatic carbocycles. The van der Waals surface area contributed by atoms with Crippen molar-refractivity contribution in [2.45, 2.75) is 38.8 Å². The fraction of sp³-hybridized carbons (Fsp3) is 0.706. The van der Waals surface area contributed by atoms with Gasteiger partial charge in [-0.15, -0.1) is 11.3 Å². The average molecular weight is 321 g/mol. The van der Waals surface area contributed by atoms with Crippen molar-refractivity contribution in [3.05, 3.63) is 22.4 Å². The van der Waals surface area contributed by atoms with Crippen LogP contribution in [0.25, 0.3) is 0 Å². The number of thiophene rings is 1. The van der Waals surface area contributed by atoms with Crippen LogP contribution in [-0.2, 0) is 6.54 Å². The number of nitrogens with zero attached hydrogens (tertiary/aromatic N) is 2. The molecule has 22 heavy (non-hydrogen) atoms. The molecule has 0 spiro atoms. The van der Waals surface area contributed by atoms with Crippen molar-refractivity contribution in [1.82, 2.24) is 15.5 Å². The van der Waals surface area contributed by atoms with E-state index in [4.69, 9.17) is 0 Å². The highest BCUT2D eigenvalue weighted by Gasteiger charge is 2.33. The minimum atomic E-state index is 0.638. The second-order valence-electron chi connectivity index (χ2n) is 6.72. The standard InChI is InChI=1S/C17H28N4S/c1-13-10-16(13)20-17(18-2)19-11-14-5-7-21(8-6-14)12-15-4-3-9-22-15/h3-4,9,13-14,16H,5-8,10-12H2,1-2H3,(H2,18,19,20). The Balaban J connectivity index is 1.34. The first-order chi connectivity index (χ1) is 10.7. The van der Waals surface area contributed by atoms with Crippen molar-refractivity contribution in [1.29, 1.82) is 0 Å².